The molecule has 164 valence electrons. The fourth-order valence-electron chi connectivity index (χ4n) is 3.37. The maximum atomic E-state index is 12.7. The molecule has 2 aromatic carbocycles. The zero-order valence-electron chi connectivity index (χ0n) is 18.0. The van der Waals surface area contributed by atoms with Crippen molar-refractivity contribution >= 4 is 5.78 Å². The van der Waals surface area contributed by atoms with Crippen molar-refractivity contribution in [1.29, 1.82) is 0 Å². The van der Waals surface area contributed by atoms with Crippen molar-refractivity contribution in [2.45, 2.75) is 45.8 Å². The molecule has 6 heteroatoms. The van der Waals surface area contributed by atoms with E-state index in [2.05, 4.69) is 19.9 Å². The number of hydrogen-bond acceptors (Lipinski definition) is 6. The van der Waals surface area contributed by atoms with E-state index in [1.54, 1.807) is 18.2 Å². The van der Waals surface area contributed by atoms with Crippen LogP contribution in [0, 0.1) is 0 Å². The second-order valence-electron chi connectivity index (χ2n) is 7.94. The zero-order valence-corrected chi connectivity index (χ0v) is 18.0. The van der Waals surface area contributed by atoms with Gasteiger partial charge in [0.25, 0.3) is 0 Å². The van der Waals surface area contributed by atoms with Crippen molar-refractivity contribution in [3.63, 3.8) is 0 Å². The first-order chi connectivity index (χ1) is 14.8. The maximum absolute atomic E-state index is 12.7. The van der Waals surface area contributed by atoms with Crippen LogP contribution in [0.4, 0.5) is 0 Å². The van der Waals surface area contributed by atoms with Gasteiger partial charge in [0, 0.05) is 12.1 Å². The Hall–Kier alpha value is -3.25. The smallest absolute Gasteiger partial charge is 0.202 e. The second-order valence-corrected chi connectivity index (χ2v) is 7.94. The van der Waals surface area contributed by atoms with Crippen LogP contribution in [0.3, 0.4) is 0 Å². The molecule has 0 fully saturated rings. The molecule has 1 aliphatic heterocycles. The highest BCUT2D eigenvalue weighted by molar-refractivity contribution is 6.05. The third-order valence-corrected chi connectivity index (χ3v) is 5.11. The minimum absolute atomic E-state index is 0.0664. The second kappa shape index (κ2) is 9.71. The highest BCUT2D eigenvalue weighted by Crippen LogP contribution is 2.42. The number of aliphatic hydroxyl groups is 1. The zero-order chi connectivity index (χ0) is 22.5. The quantitative estimate of drug-likeness (QED) is 0.550. The number of carbonyl (C=O) groups is 1. The molecule has 1 heterocycles. The Morgan fingerprint density at radius 1 is 1.10 bits per heavy atom. The van der Waals surface area contributed by atoms with Crippen molar-refractivity contribution in [1.82, 2.24) is 0 Å². The number of fused-ring (bicyclic) bond motifs is 1. The van der Waals surface area contributed by atoms with Gasteiger partial charge < -0.3 is 24.8 Å². The Kier molecular flexibility index (Phi) is 7.02. The molecular formula is C25H28O6. The fraction of sp³-hybridized carbons (Fsp3) is 0.320. The van der Waals surface area contributed by atoms with Gasteiger partial charge in [0.2, 0.25) is 5.78 Å². The maximum Gasteiger partial charge on any atom is 0.202 e. The lowest BCUT2D eigenvalue weighted by atomic mass is 9.93. The van der Waals surface area contributed by atoms with E-state index in [0.29, 0.717) is 17.9 Å². The summed E-state index contributed by atoms with van der Waals surface area (Å²) in [6.07, 6.45) is 3.65. The van der Waals surface area contributed by atoms with E-state index >= 15 is 0 Å². The van der Waals surface area contributed by atoms with E-state index in [-0.39, 0.29) is 22.8 Å². The molecule has 6 nitrogen and oxygen atoms in total. The first-order valence-corrected chi connectivity index (χ1v) is 10.2. The third kappa shape index (κ3) is 5.47. The average molecular weight is 424 g/mol. The molecule has 0 aliphatic carbocycles. The van der Waals surface area contributed by atoms with Crippen LogP contribution < -0.4 is 9.47 Å². The number of allylic oxidation sites excluding steroid dienone is 3. The van der Waals surface area contributed by atoms with E-state index in [0.717, 1.165) is 12.8 Å². The number of ether oxygens (including phenoxy) is 2. The number of rotatable bonds is 7. The summed E-state index contributed by atoms with van der Waals surface area (Å²) in [5.74, 6) is -0.354. The summed E-state index contributed by atoms with van der Waals surface area (Å²) in [5, 5.41) is 30.2. The number of phenols is 2. The van der Waals surface area contributed by atoms with Crippen LogP contribution >= 0.6 is 0 Å². The van der Waals surface area contributed by atoms with Gasteiger partial charge in [-0.3, -0.25) is 4.79 Å². The molecule has 2 atom stereocenters. The lowest BCUT2D eigenvalue weighted by molar-refractivity contribution is 0.0210. The molecule has 31 heavy (non-hydrogen) atoms. The molecule has 3 rings (SSSR count). The van der Waals surface area contributed by atoms with E-state index in [1.165, 1.54) is 29.3 Å². The number of benzene rings is 2. The molecule has 1 aliphatic rings. The Labute approximate surface area is 182 Å². The Morgan fingerprint density at radius 3 is 2.48 bits per heavy atom. The van der Waals surface area contributed by atoms with Crippen LogP contribution in [0.1, 0.15) is 55.6 Å². The van der Waals surface area contributed by atoms with Crippen LogP contribution in [0.15, 0.2) is 59.7 Å². The number of aliphatic hydroxyl groups excluding tert-OH is 1. The largest absolute Gasteiger partial charge is 0.508 e. The van der Waals surface area contributed by atoms with Gasteiger partial charge in [-0.05, 0) is 57.4 Å². The Bertz CT molecular complexity index is 999. The van der Waals surface area contributed by atoms with Gasteiger partial charge in [-0.15, -0.1) is 0 Å². The predicted octanol–water partition coefficient (Wildman–Crippen LogP) is 4.85. The number of Topliss-reactive ketones (excluding diaryl/α,β-unsaturated/α-hetero) is 1. The molecule has 1 unspecified atom stereocenters. The molecule has 0 radical (unpaired) electrons. The van der Waals surface area contributed by atoms with E-state index in [9.17, 15) is 20.1 Å². The van der Waals surface area contributed by atoms with E-state index in [1.807, 2.05) is 13.0 Å². The first-order valence-electron chi connectivity index (χ1n) is 10.2. The van der Waals surface area contributed by atoms with Gasteiger partial charge >= 0.3 is 0 Å². The monoisotopic (exact) mass is 424 g/mol. The van der Waals surface area contributed by atoms with Gasteiger partial charge in [-0.2, -0.15) is 0 Å². The summed E-state index contributed by atoms with van der Waals surface area (Å²) in [7, 11) is 0. The van der Waals surface area contributed by atoms with Gasteiger partial charge in [0.05, 0.1) is 0 Å². The standard InChI is InChI=1S/C25H28O6/c1-15(2)5-4-6-16(3)11-12-30-19-13-20(27)22-21(14-19)31-25(24(29)23(22)28)17-7-9-18(26)10-8-17/h5,7-11,13-14,24-27,29H,4,6,12H2,1-3H3/b16-11+/t24?,25-/m1/s1. The summed E-state index contributed by atoms with van der Waals surface area (Å²) < 4.78 is 11.6. The minimum atomic E-state index is -1.47. The molecule has 0 aromatic heterocycles. The molecule has 2 aromatic rings. The van der Waals surface area contributed by atoms with Crippen LogP contribution in [0.5, 0.6) is 23.0 Å². The molecule has 0 saturated carbocycles. The van der Waals surface area contributed by atoms with Crippen molar-refractivity contribution in [2.24, 2.45) is 0 Å². The number of aromatic hydroxyl groups is 2. The van der Waals surface area contributed by atoms with E-state index < -0.39 is 18.0 Å². The summed E-state index contributed by atoms with van der Waals surface area (Å²) >= 11 is 0. The third-order valence-electron chi connectivity index (χ3n) is 5.11. The Morgan fingerprint density at radius 2 is 1.81 bits per heavy atom. The van der Waals surface area contributed by atoms with Crippen LogP contribution in [0.25, 0.3) is 0 Å². The predicted molar refractivity (Wildman–Crippen MR) is 118 cm³/mol. The van der Waals surface area contributed by atoms with Gasteiger partial charge in [-0.1, -0.05) is 29.4 Å². The number of phenolic OH excluding ortho intramolecular Hbond substituents is 2. The fourth-order valence-corrected chi connectivity index (χ4v) is 3.37. The van der Waals surface area contributed by atoms with E-state index in [4.69, 9.17) is 9.47 Å². The summed E-state index contributed by atoms with van der Waals surface area (Å²) in [4.78, 5) is 12.7. The normalized spacial score (nSPS) is 18.2. The average Bonchev–Trinajstić information content (AvgIpc) is 2.71. The molecular weight excluding hydrogens is 396 g/mol. The molecule has 0 amide bonds. The Balaban J connectivity index is 1.75. The summed E-state index contributed by atoms with van der Waals surface area (Å²) in [6, 6.07) is 8.94. The van der Waals surface area contributed by atoms with Crippen molar-refractivity contribution < 1.29 is 29.6 Å². The van der Waals surface area contributed by atoms with Crippen molar-refractivity contribution in [3.05, 3.63) is 70.8 Å². The van der Waals surface area contributed by atoms with Crippen molar-refractivity contribution in [2.75, 3.05) is 6.61 Å². The minimum Gasteiger partial charge on any atom is -0.508 e. The number of hydrogen-bond donors (Lipinski definition) is 3. The highest BCUT2D eigenvalue weighted by atomic mass is 16.5. The van der Waals surface area contributed by atoms with Crippen molar-refractivity contribution in [3.8, 4) is 23.0 Å². The molecule has 3 N–H and O–H groups in total. The van der Waals surface area contributed by atoms with Gasteiger partial charge in [-0.25, -0.2) is 0 Å². The number of carbonyl (C=O) groups excluding carboxylic acids is 1. The first kappa shape index (κ1) is 22.4. The van der Waals surface area contributed by atoms with Gasteiger partial charge in [0.1, 0.15) is 35.2 Å². The molecule has 0 spiro atoms. The summed E-state index contributed by atoms with van der Waals surface area (Å²) in [5.41, 5.74) is 2.95. The van der Waals surface area contributed by atoms with Gasteiger partial charge in [0.15, 0.2) is 12.2 Å². The molecule has 0 bridgehead atoms. The molecule has 0 saturated heterocycles. The van der Waals surface area contributed by atoms with Crippen LogP contribution in [-0.4, -0.2) is 33.8 Å². The highest BCUT2D eigenvalue weighted by Gasteiger charge is 2.39. The number of ketones is 1. The lowest BCUT2D eigenvalue weighted by Crippen LogP contribution is -2.36. The van der Waals surface area contributed by atoms with Crippen LogP contribution in [-0.2, 0) is 0 Å². The topological polar surface area (TPSA) is 96.2 Å². The SMILES string of the molecule is CC(C)=CCC/C(C)=C/COc1cc(O)c2c(c1)O[C@H](c1ccc(O)cc1)C(O)C2=O. The van der Waals surface area contributed by atoms with Crippen LogP contribution in [0.2, 0.25) is 0 Å². The lowest BCUT2D eigenvalue weighted by Gasteiger charge is -2.30. The summed E-state index contributed by atoms with van der Waals surface area (Å²) in [6.45, 7) is 6.50.